The topological polar surface area (TPSA) is 54.5 Å². The number of rotatable bonds is 3. The van der Waals surface area contributed by atoms with Gasteiger partial charge in [0.25, 0.3) is 11.8 Å². The monoisotopic (exact) mass is 307 g/mol. The number of Topliss-reactive ketones (excluding diaryl/α,β-unsaturated/α-hetero) is 1. The van der Waals surface area contributed by atoms with Crippen LogP contribution in [0.4, 0.5) is 0 Å². The molecule has 116 valence electrons. The van der Waals surface area contributed by atoms with Gasteiger partial charge >= 0.3 is 0 Å². The van der Waals surface area contributed by atoms with Gasteiger partial charge in [-0.2, -0.15) is 0 Å². The molecule has 23 heavy (non-hydrogen) atoms. The van der Waals surface area contributed by atoms with E-state index in [-0.39, 0.29) is 12.3 Å². The number of nitrogens with zero attached hydrogens (tertiary/aromatic N) is 1. The van der Waals surface area contributed by atoms with Gasteiger partial charge in [0.1, 0.15) is 0 Å². The minimum atomic E-state index is -0.402. The number of carbonyl (C=O) groups excluding carboxylic acids is 3. The number of imide groups is 1. The maximum Gasteiger partial charge on any atom is 0.261 e. The van der Waals surface area contributed by atoms with Gasteiger partial charge in [0.15, 0.2) is 5.78 Å². The first-order valence-corrected chi connectivity index (χ1v) is 7.46. The quantitative estimate of drug-likeness (QED) is 0.647. The van der Waals surface area contributed by atoms with E-state index in [2.05, 4.69) is 0 Å². The zero-order valence-corrected chi connectivity index (χ0v) is 13.3. The number of hydrogen-bond acceptors (Lipinski definition) is 3. The summed E-state index contributed by atoms with van der Waals surface area (Å²) in [7, 11) is 0. The Labute approximate surface area is 134 Å². The lowest BCUT2D eigenvalue weighted by Gasteiger charge is -2.15. The molecule has 4 nitrogen and oxygen atoms in total. The van der Waals surface area contributed by atoms with Crippen LogP contribution in [0.25, 0.3) is 0 Å². The zero-order valence-electron chi connectivity index (χ0n) is 13.3. The van der Waals surface area contributed by atoms with Crippen molar-refractivity contribution >= 4 is 17.6 Å². The molecule has 0 aromatic heterocycles. The van der Waals surface area contributed by atoms with E-state index in [1.165, 1.54) is 0 Å². The number of carbonyl (C=O) groups is 3. The highest BCUT2D eigenvalue weighted by atomic mass is 16.2. The Hall–Kier alpha value is -2.75. The van der Waals surface area contributed by atoms with E-state index in [9.17, 15) is 14.4 Å². The van der Waals surface area contributed by atoms with Crippen molar-refractivity contribution in [1.82, 2.24) is 4.90 Å². The number of benzene rings is 2. The Morgan fingerprint density at radius 1 is 0.913 bits per heavy atom. The Balaban J connectivity index is 1.91. The summed E-state index contributed by atoms with van der Waals surface area (Å²) in [5.41, 5.74) is 4.13. The molecule has 3 rings (SSSR count). The molecular formula is C19H17NO3. The van der Waals surface area contributed by atoms with E-state index in [1.807, 2.05) is 32.9 Å². The third-order valence-corrected chi connectivity index (χ3v) is 4.14. The second-order valence-corrected chi connectivity index (χ2v) is 5.94. The molecule has 0 N–H and O–H groups in total. The first kappa shape index (κ1) is 15.2. The number of hydrogen-bond donors (Lipinski definition) is 0. The predicted molar refractivity (Wildman–Crippen MR) is 86.8 cm³/mol. The second-order valence-electron chi connectivity index (χ2n) is 5.94. The summed E-state index contributed by atoms with van der Waals surface area (Å²) in [6.45, 7) is 5.49. The highest BCUT2D eigenvalue weighted by Gasteiger charge is 2.36. The summed E-state index contributed by atoms with van der Waals surface area (Å²) in [5, 5.41) is 0. The van der Waals surface area contributed by atoms with E-state index in [1.54, 1.807) is 24.3 Å². The summed E-state index contributed by atoms with van der Waals surface area (Å²) in [6, 6.07) is 10.5. The van der Waals surface area contributed by atoms with Crippen molar-refractivity contribution in [3.8, 4) is 0 Å². The van der Waals surface area contributed by atoms with Gasteiger partial charge in [0.05, 0.1) is 17.7 Å². The van der Waals surface area contributed by atoms with Crippen LogP contribution < -0.4 is 0 Å². The van der Waals surface area contributed by atoms with Crippen LogP contribution in [-0.2, 0) is 0 Å². The summed E-state index contributed by atoms with van der Waals surface area (Å²) in [6.07, 6.45) is 0. The summed E-state index contributed by atoms with van der Waals surface area (Å²) >= 11 is 0. The van der Waals surface area contributed by atoms with Gasteiger partial charge < -0.3 is 0 Å². The molecule has 0 aliphatic carbocycles. The molecule has 0 spiro atoms. The minimum absolute atomic E-state index is 0.213. The third-order valence-electron chi connectivity index (χ3n) is 4.14. The molecular weight excluding hydrogens is 290 g/mol. The maximum absolute atomic E-state index is 12.6. The molecule has 1 aliphatic heterocycles. The Kier molecular flexibility index (Phi) is 3.60. The summed E-state index contributed by atoms with van der Waals surface area (Å²) in [5.74, 6) is -1.02. The van der Waals surface area contributed by atoms with Crippen LogP contribution in [0.1, 0.15) is 47.8 Å². The molecule has 0 radical (unpaired) electrons. The zero-order chi connectivity index (χ0) is 16.7. The number of fused-ring (bicyclic) bond motifs is 1. The van der Waals surface area contributed by atoms with Crippen molar-refractivity contribution in [3.63, 3.8) is 0 Å². The van der Waals surface area contributed by atoms with E-state index in [4.69, 9.17) is 0 Å². The van der Waals surface area contributed by atoms with Crippen LogP contribution in [0.15, 0.2) is 36.4 Å². The molecule has 2 aromatic carbocycles. The third kappa shape index (κ3) is 2.46. The van der Waals surface area contributed by atoms with Gasteiger partial charge in [-0.3, -0.25) is 19.3 Å². The number of aryl methyl sites for hydroxylation is 3. The lowest BCUT2D eigenvalue weighted by atomic mass is 9.96. The molecule has 0 bridgehead atoms. The molecule has 1 heterocycles. The first-order chi connectivity index (χ1) is 10.9. The highest BCUT2D eigenvalue weighted by molar-refractivity contribution is 6.23. The van der Waals surface area contributed by atoms with E-state index in [0.29, 0.717) is 16.7 Å². The van der Waals surface area contributed by atoms with Gasteiger partial charge in [-0.25, -0.2) is 0 Å². The van der Waals surface area contributed by atoms with Gasteiger partial charge in [0.2, 0.25) is 0 Å². The number of amides is 2. The fraction of sp³-hybridized carbons (Fsp3) is 0.211. The molecule has 4 heteroatoms. The standard InChI is InChI=1S/C19H17NO3/c1-11-8-12(2)17(13(3)9-11)16(21)10-20-18(22)14-6-4-5-7-15(14)19(20)23/h4-9H,10H2,1-3H3. The lowest BCUT2D eigenvalue weighted by Crippen LogP contribution is -2.35. The van der Waals surface area contributed by atoms with Crippen molar-refractivity contribution in [1.29, 1.82) is 0 Å². The Morgan fingerprint density at radius 2 is 1.39 bits per heavy atom. The van der Waals surface area contributed by atoms with Crippen molar-refractivity contribution < 1.29 is 14.4 Å². The van der Waals surface area contributed by atoms with E-state index >= 15 is 0 Å². The van der Waals surface area contributed by atoms with E-state index in [0.717, 1.165) is 21.6 Å². The molecule has 0 saturated carbocycles. The second kappa shape index (κ2) is 5.47. The molecule has 2 amide bonds. The van der Waals surface area contributed by atoms with Crippen LogP contribution in [0.5, 0.6) is 0 Å². The smallest absolute Gasteiger partial charge is 0.261 e. The fourth-order valence-electron chi connectivity index (χ4n) is 3.23. The average molecular weight is 307 g/mol. The van der Waals surface area contributed by atoms with Crippen molar-refractivity contribution in [3.05, 3.63) is 69.8 Å². The highest BCUT2D eigenvalue weighted by Crippen LogP contribution is 2.24. The van der Waals surface area contributed by atoms with E-state index < -0.39 is 11.8 Å². The number of ketones is 1. The van der Waals surface area contributed by atoms with Gasteiger partial charge in [0, 0.05) is 5.56 Å². The predicted octanol–water partition coefficient (Wildman–Crippen LogP) is 3.09. The molecule has 0 unspecified atom stereocenters. The van der Waals surface area contributed by atoms with Crippen LogP contribution in [0, 0.1) is 20.8 Å². The van der Waals surface area contributed by atoms with Crippen LogP contribution in [0.3, 0.4) is 0 Å². The maximum atomic E-state index is 12.6. The van der Waals surface area contributed by atoms with Crippen LogP contribution in [0.2, 0.25) is 0 Å². The van der Waals surface area contributed by atoms with Crippen molar-refractivity contribution in [2.75, 3.05) is 6.54 Å². The van der Waals surface area contributed by atoms with Gasteiger partial charge in [-0.1, -0.05) is 29.8 Å². The summed E-state index contributed by atoms with van der Waals surface area (Å²) < 4.78 is 0. The molecule has 1 aliphatic rings. The first-order valence-electron chi connectivity index (χ1n) is 7.46. The minimum Gasteiger partial charge on any atom is -0.292 e. The SMILES string of the molecule is Cc1cc(C)c(C(=O)CN2C(=O)c3ccccc3C2=O)c(C)c1. The largest absolute Gasteiger partial charge is 0.292 e. The lowest BCUT2D eigenvalue weighted by molar-refractivity contribution is 0.0624. The normalized spacial score (nSPS) is 13.4. The average Bonchev–Trinajstić information content (AvgIpc) is 2.72. The van der Waals surface area contributed by atoms with Gasteiger partial charge in [-0.05, 0) is 44.0 Å². The Morgan fingerprint density at radius 3 is 1.87 bits per heavy atom. The van der Waals surface area contributed by atoms with Crippen LogP contribution in [-0.4, -0.2) is 29.0 Å². The fourth-order valence-corrected chi connectivity index (χ4v) is 3.23. The van der Waals surface area contributed by atoms with Crippen LogP contribution >= 0.6 is 0 Å². The molecule has 0 saturated heterocycles. The Bertz CT molecular complexity index is 793. The molecule has 0 fully saturated rings. The van der Waals surface area contributed by atoms with Gasteiger partial charge in [-0.15, -0.1) is 0 Å². The van der Waals surface area contributed by atoms with Crippen molar-refractivity contribution in [2.45, 2.75) is 20.8 Å². The van der Waals surface area contributed by atoms with Crippen molar-refractivity contribution in [2.24, 2.45) is 0 Å². The molecule has 0 atom stereocenters. The molecule has 2 aromatic rings. The summed E-state index contributed by atoms with van der Waals surface area (Å²) in [4.78, 5) is 38.4.